The number of methoxy groups -OCH3 is 2. The summed E-state index contributed by atoms with van der Waals surface area (Å²) >= 11 is 0. The Balaban J connectivity index is 1.95. The van der Waals surface area contributed by atoms with Crippen LogP contribution in [0.15, 0.2) is 29.5 Å². The standard InChI is InChI=1S/C22H30N4O6/c1-5-32-21(28)19-16(13-25-8-10-26(11-9-25)14(2)27)23-22(29)24-20(19)15-6-7-17(30-3)18(12-15)31-4/h6-7,12,20H,5,8-11,13H2,1-4H3,(H2,23,24,29)/t20-/m0/s1. The molecule has 2 heterocycles. The number of esters is 1. The monoisotopic (exact) mass is 446 g/mol. The first-order chi connectivity index (χ1) is 15.4. The van der Waals surface area contributed by atoms with E-state index in [0.29, 0.717) is 61.1 Å². The third kappa shape index (κ3) is 5.13. The van der Waals surface area contributed by atoms with Crippen molar-refractivity contribution in [2.24, 2.45) is 0 Å². The molecule has 1 aromatic rings. The largest absolute Gasteiger partial charge is 0.493 e. The van der Waals surface area contributed by atoms with Crippen LogP contribution in [0, 0.1) is 0 Å². The lowest BCUT2D eigenvalue weighted by molar-refractivity contribution is -0.139. The van der Waals surface area contributed by atoms with Gasteiger partial charge in [-0.3, -0.25) is 9.69 Å². The number of benzene rings is 1. The summed E-state index contributed by atoms with van der Waals surface area (Å²) in [6, 6.07) is 4.12. The van der Waals surface area contributed by atoms with E-state index in [9.17, 15) is 14.4 Å². The van der Waals surface area contributed by atoms with Gasteiger partial charge in [0.15, 0.2) is 11.5 Å². The van der Waals surface area contributed by atoms with Crippen molar-refractivity contribution in [1.82, 2.24) is 20.4 Å². The maximum absolute atomic E-state index is 13.0. The molecule has 0 radical (unpaired) electrons. The molecule has 0 aliphatic carbocycles. The first-order valence-electron chi connectivity index (χ1n) is 10.5. The van der Waals surface area contributed by atoms with Crippen LogP contribution in [0.3, 0.4) is 0 Å². The zero-order valence-corrected chi connectivity index (χ0v) is 18.9. The molecular formula is C22H30N4O6. The number of ether oxygens (including phenoxy) is 3. The maximum Gasteiger partial charge on any atom is 0.338 e. The van der Waals surface area contributed by atoms with Crippen molar-refractivity contribution in [3.63, 3.8) is 0 Å². The number of nitrogens with zero attached hydrogens (tertiary/aromatic N) is 2. The van der Waals surface area contributed by atoms with E-state index in [1.165, 1.54) is 14.2 Å². The van der Waals surface area contributed by atoms with E-state index in [0.717, 1.165) is 0 Å². The molecule has 2 aliphatic rings. The number of urea groups is 1. The summed E-state index contributed by atoms with van der Waals surface area (Å²) in [7, 11) is 3.06. The summed E-state index contributed by atoms with van der Waals surface area (Å²) in [5, 5.41) is 5.61. The number of nitrogens with one attached hydrogen (secondary N) is 2. The van der Waals surface area contributed by atoms with Crippen molar-refractivity contribution in [1.29, 1.82) is 0 Å². The predicted octanol–water partition coefficient (Wildman–Crippen LogP) is 1.04. The summed E-state index contributed by atoms with van der Waals surface area (Å²) in [5.74, 6) is 0.571. The minimum absolute atomic E-state index is 0.0414. The minimum atomic E-state index is -0.712. The van der Waals surface area contributed by atoms with Crippen LogP contribution < -0.4 is 20.1 Å². The molecule has 0 bridgehead atoms. The third-order valence-corrected chi connectivity index (χ3v) is 5.59. The van der Waals surface area contributed by atoms with Crippen molar-refractivity contribution >= 4 is 17.9 Å². The predicted molar refractivity (Wildman–Crippen MR) is 116 cm³/mol. The number of piperazine rings is 1. The van der Waals surface area contributed by atoms with E-state index in [1.54, 1.807) is 36.9 Å². The molecule has 10 heteroatoms. The van der Waals surface area contributed by atoms with Crippen LogP contribution in [0.2, 0.25) is 0 Å². The average Bonchev–Trinajstić information content (AvgIpc) is 2.78. The van der Waals surface area contributed by atoms with E-state index >= 15 is 0 Å². The van der Waals surface area contributed by atoms with Crippen LogP contribution in [0.1, 0.15) is 25.5 Å². The van der Waals surface area contributed by atoms with Crippen LogP contribution in [-0.4, -0.2) is 81.3 Å². The SMILES string of the molecule is CCOC(=O)C1=C(CN2CCN(C(C)=O)CC2)NC(=O)N[C@H]1c1ccc(OC)c(OC)c1. The Morgan fingerprint density at radius 1 is 1.09 bits per heavy atom. The smallest absolute Gasteiger partial charge is 0.338 e. The lowest BCUT2D eigenvalue weighted by Crippen LogP contribution is -2.52. The number of carbonyl (C=O) groups is 3. The molecule has 1 saturated heterocycles. The number of amides is 3. The Kier molecular flexibility index (Phi) is 7.57. The Labute approximate surface area is 187 Å². The van der Waals surface area contributed by atoms with Gasteiger partial charge in [0.2, 0.25) is 5.91 Å². The lowest BCUT2D eigenvalue weighted by atomic mass is 9.94. The Hall–Kier alpha value is -3.27. The summed E-state index contributed by atoms with van der Waals surface area (Å²) in [6.07, 6.45) is 0. The Morgan fingerprint density at radius 2 is 1.78 bits per heavy atom. The van der Waals surface area contributed by atoms with E-state index < -0.39 is 18.0 Å². The molecule has 1 atom stereocenters. The lowest BCUT2D eigenvalue weighted by Gasteiger charge is -2.36. The molecule has 1 fully saturated rings. The number of hydrogen-bond donors (Lipinski definition) is 2. The molecule has 10 nitrogen and oxygen atoms in total. The zero-order chi connectivity index (χ0) is 23.3. The summed E-state index contributed by atoms with van der Waals surface area (Å²) in [6.45, 7) is 6.34. The van der Waals surface area contributed by atoms with Crippen LogP contribution in [0.25, 0.3) is 0 Å². The molecule has 3 amide bonds. The van der Waals surface area contributed by atoms with Gasteiger partial charge < -0.3 is 29.7 Å². The van der Waals surface area contributed by atoms with Crippen molar-refractivity contribution in [2.45, 2.75) is 19.9 Å². The quantitative estimate of drug-likeness (QED) is 0.603. The van der Waals surface area contributed by atoms with Gasteiger partial charge in [0.05, 0.1) is 32.4 Å². The highest BCUT2D eigenvalue weighted by Crippen LogP contribution is 2.34. The normalized spacial score (nSPS) is 19.2. The van der Waals surface area contributed by atoms with Crippen LogP contribution >= 0.6 is 0 Å². The van der Waals surface area contributed by atoms with Gasteiger partial charge >= 0.3 is 12.0 Å². The van der Waals surface area contributed by atoms with Gasteiger partial charge in [0.1, 0.15) is 0 Å². The van der Waals surface area contributed by atoms with Gasteiger partial charge in [0.25, 0.3) is 0 Å². The molecule has 32 heavy (non-hydrogen) atoms. The fourth-order valence-electron chi connectivity index (χ4n) is 3.92. The summed E-state index contributed by atoms with van der Waals surface area (Å²) in [4.78, 5) is 41.0. The summed E-state index contributed by atoms with van der Waals surface area (Å²) in [5.41, 5.74) is 1.50. The van der Waals surface area contributed by atoms with E-state index in [4.69, 9.17) is 14.2 Å². The van der Waals surface area contributed by atoms with Crippen LogP contribution in [0.4, 0.5) is 4.79 Å². The van der Waals surface area contributed by atoms with Gasteiger partial charge in [-0.2, -0.15) is 0 Å². The second kappa shape index (κ2) is 10.4. The molecule has 0 aromatic heterocycles. The van der Waals surface area contributed by atoms with E-state index in [-0.39, 0.29) is 12.5 Å². The van der Waals surface area contributed by atoms with Gasteiger partial charge in [-0.05, 0) is 24.6 Å². The second-order valence-corrected chi connectivity index (χ2v) is 7.54. The number of rotatable bonds is 7. The van der Waals surface area contributed by atoms with Gasteiger partial charge in [-0.15, -0.1) is 0 Å². The molecule has 174 valence electrons. The molecule has 2 aliphatic heterocycles. The second-order valence-electron chi connectivity index (χ2n) is 7.54. The number of hydrogen-bond acceptors (Lipinski definition) is 7. The molecule has 1 aromatic carbocycles. The van der Waals surface area contributed by atoms with Crippen molar-refractivity contribution in [3.8, 4) is 11.5 Å². The van der Waals surface area contributed by atoms with Crippen LogP contribution in [0.5, 0.6) is 11.5 Å². The fourth-order valence-corrected chi connectivity index (χ4v) is 3.92. The molecular weight excluding hydrogens is 416 g/mol. The first kappa shape index (κ1) is 23.4. The fraction of sp³-hybridized carbons (Fsp3) is 0.500. The average molecular weight is 447 g/mol. The first-order valence-corrected chi connectivity index (χ1v) is 10.5. The van der Waals surface area contributed by atoms with Crippen molar-refractivity contribution < 1.29 is 28.6 Å². The molecule has 0 saturated carbocycles. The highest BCUT2D eigenvalue weighted by Gasteiger charge is 2.35. The van der Waals surface area contributed by atoms with Gasteiger partial charge in [-0.25, -0.2) is 9.59 Å². The Bertz CT molecular complexity index is 908. The van der Waals surface area contributed by atoms with Crippen molar-refractivity contribution in [3.05, 3.63) is 35.0 Å². The summed E-state index contributed by atoms with van der Waals surface area (Å²) < 4.78 is 16.0. The highest BCUT2D eigenvalue weighted by atomic mass is 16.5. The highest BCUT2D eigenvalue weighted by molar-refractivity contribution is 5.95. The molecule has 0 unspecified atom stereocenters. The Morgan fingerprint density at radius 3 is 2.38 bits per heavy atom. The van der Waals surface area contributed by atoms with Crippen molar-refractivity contribution in [2.75, 3.05) is 53.6 Å². The number of carbonyl (C=O) groups excluding carboxylic acids is 3. The van der Waals surface area contributed by atoms with E-state index in [2.05, 4.69) is 15.5 Å². The van der Waals surface area contributed by atoms with Gasteiger partial charge in [0, 0.05) is 45.3 Å². The van der Waals surface area contributed by atoms with E-state index in [1.807, 2.05) is 0 Å². The minimum Gasteiger partial charge on any atom is -0.493 e. The molecule has 3 rings (SSSR count). The van der Waals surface area contributed by atoms with Gasteiger partial charge in [-0.1, -0.05) is 6.07 Å². The maximum atomic E-state index is 13.0. The topological polar surface area (TPSA) is 109 Å². The molecule has 0 spiro atoms. The third-order valence-electron chi connectivity index (χ3n) is 5.59. The zero-order valence-electron chi connectivity index (χ0n) is 18.9. The van der Waals surface area contributed by atoms with Crippen LogP contribution in [-0.2, 0) is 14.3 Å². The molecule has 2 N–H and O–H groups in total.